The maximum Gasteiger partial charge on any atom is 0.0597 e. The van der Waals surface area contributed by atoms with Crippen LogP contribution in [0.1, 0.15) is 43.5 Å². The van der Waals surface area contributed by atoms with Crippen LogP contribution in [-0.2, 0) is 13.6 Å². The van der Waals surface area contributed by atoms with Crippen molar-refractivity contribution in [3.05, 3.63) is 17.5 Å². The number of hydrogen-bond acceptors (Lipinski definition) is 3. The number of nitrogens with zero attached hydrogens (tertiary/aromatic N) is 3. The van der Waals surface area contributed by atoms with E-state index in [2.05, 4.69) is 23.0 Å². The minimum atomic E-state index is 0.720. The van der Waals surface area contributed by atoms with E-state index in [1.165, 1.54) is 37.8 Å². The summed E-state index contributed by atoms with van der Waals surface area (Å²) >= 11 is 0. The normalized spacial score (nSPS) is 17.6. The molecule has 4 nitrogen and oxygen atoms in total. The van der Waals surface area contributed by atoms with Gasteiger partial charge in [0.05, 0.1) is 11.4 Å². The van der Waals surface area contributed by atoms with Crippen molar-refractivity contribution in [3.8, 4) is 0 Å². The van der Waals surface area contributed by atoms with E-state index < -0.39 is 0 Å². The first-order chi connectivity index (χ1) is 8.70. The average molecular weight is 250 g/mol. The number of nitrogens with two attached hydrogens (primary N) is 1. The fourth-order valence-corrected chi connectivity index (χ4v) is 3.02. The van der Waals surface area contributed by atoms with Crippen LogP contribution in [0.25, 0.3) is 0 Å². The Labute approximate surface area is 110 Å². The molecule has 2 N–H and O–H groups in total. The number of hydrogen-bond donors (Lipinski definition) is 1. The van der Waals surface area contributed by atoms with Gasteiger partial charge in [-0.2, -0.15) is 5.10 Å². The van der Waals surface area contributed by atoms with E-state index in [9.17, 15) is 0 Å². The lowest BCUT2D eigenvalue weighted by Crippen LogP contribution is -2.39. The molecule has 0 saturated heterocycles. The van der Waals surface area contributed by atoms with E-state index in [0.29, 0.717) is 0 Å². The molecule has 1 heterocycles. The fourth-order valence-electron chi connectivity index (χ4n) is 3.02. The molecule has 1 aliphatic carbocycles. The van der Waals surface area contributed by atoms with Gasteiger partial charge >= 0.3 is 0 Å². The molecule has 1 fully saturated rings. The maximum absolute atomic E-state index is 5.77. The van der Waals surface area contributed by atoms with Gasteiger partial charge in [-0.25, -0.2) is 0 Å². The van der Waals surface area contributed by atoms with Crippen LogP contribution in [0.5, 0.6) is 0 Å². The van der Waals surface area contributed by atoms with E-state index in [0.717, 1.165) is 31.4 Å². The van der Waals surface area contributed by atoms with Gasteiger partial charge in [0, 0.05) is 32.7 Å². The molecule has 1 saturated carbocycles. The third kappa shape index (κ3) is 3.33. The molecule has 0 atom stereocenters. The molecule has 1 aromatic rings. The van der Waals surface area contributed by atoms with E-state index >= 15 is 0 Å². The topological polar surface area (TPSA) is 47.1 Å². The van der Waals surface area contributed by atoms with E-state index in [-0.39, 0.29) is 0 Å². The van der Waals surface area contributed by atoms with Gasteiger partial charge in [-0.1, -0.05) is 19.3 Å². The number of aromatic nitrogens is 2. The van der Waals surface area contributed by atoms with Gasteiger partial charge in [0.15, 0.2) is 0 Å². The zero-order valence-electron chi connectivity index (χ0n) is 11.7. The smallest absolute Gasteiger partial charge is 0.0597 e. The third-order valence-corrected chi connectivity index (χ3v) is 3.97. The summed E-state index contributed by atoms with van der Waals surface area (Å²) in [6, 6.07) is 2.91. The monoisotopic (exact) mass is 250 g/mol. The summed E-state index contributed by atoms with van der Waals surface area (Å²) in [5.74, 6) is 0. The molecule has 102 valence electrons. The molecule has 0 aliphatic heterocycles. The largest absolute Gasteiger partial charge is 0.329 e. The molecule has 0 aromatic carbocycles. The number of aryl methyl sites for hydroxylation is 2. The predicted molar refractivity (Wildman–Crippen MR) is 74.3 cm³/mol. The highest BCUT2D eigenvalue weighted by Crippen LogP contribution is 2.23. The van der Waals surface area contributed by atoms with Gasteiger partial charge in [0.1, 0.15) is 0 Å². The average Bonchev–Trinajstić information content (AvgIpc) is 2.68. The predicted octanol–water partition coefficient (Wildman–Crippen LogP) is 1.82. The van der Waals surface area contributed by atoms with Crippen molar-refractivity contribution in [2.24, 2.45) is 12.8 Å². The van der Waals surface area contributed by atoms with Crippen LogP contribution in [0.15, 0.2) is 6.07 Å². The van der Waals surface area contributed by atoms with Crippen LogP contribution in [0.4, 0.5) is 0 Å². The Kier molecular flexibility index (Phi) is 4.78. The summed E-state index contributed by atoms with van der Waals surface area (Å²) in [5, 5.41) is 4.43. The van der Waals surface area contributed by atoms with Gasteiger partial charge in [0.2, 0.25) is 0 Å². The maximum atomic E-state index is 5.77. The quantitative estimate of drug-likeness (QED) is 0.867. The van der Waals surface area contributed by atoms with Gasteiger partial charge in [0.25, 0.3) is 0 Å². The highest BCUT2D eigenvalue weighted by atomic mass is 15.3. The van der Waals surface area contributed by atoms with Crippen LogP contribution in [0.3, 0.4) is 0 Å². The fraction of sp³-hybridized carbons (Fsp3) is 0.786. The van der Waals surface area contributed by atoms with Crippen molar-refractivity contribution in [2.45, 2.75) is 51.6 Å². The minimum Gasteiger partial charge on any atom is -0.329 e. The molecule has 1 aliphatic rings. The zero-order valence-corrected chi connectivity index (χ0v) is 11.7. The minimum absolute atomic E-state index is 0.720. The van der Waals surface area contributed by atoms with Crippen LogP contribution in [-0.4, -0.2) is 33.8 Å². The Balaban J connectivity index is 2.02. The van der Waals surface area contributed by atoms with Crippen molar-refractivity contribution in [1.29, 1.82) is 0 Å². The van der Waals surface area contributed by atoms with E-state index in [1.807, 2.05) is 11.7 Å². The molecule has 0 spiro atoms. The molecule has 2 rings (SSSR count). The lowest BCUT2D eigenvalue weighted by Gasteiger charge is -2.34. The number of rotatable bonds is 5. The molecule has 0 unspecified atom stereocenters. The zero-order chi connectivity index (χ0) is 13.0. The summed E-state index contributed by atoms with van der Waals surface area (Å²) in [5.41, 5.74) is 8.17. The highest BCUT2D eigenvalue weighted by Gasteiger charge is 2.21. The van der Waals surface area contributed by atoms with E-state index in [4.69, 9.17) is 5.73 Å². The molecular weight excluding hydrogens is 224 g/mol. The summed E-state index contributed by atoms with van der Waals surface area (Å²) in [6.07, 6.45) is 6.80. The van der Waals surface area contributed by atoms with Gasteiger partial charge < -0.3 is 5.73 Å². The van der Waals surface area contributed by atoms with Crippen LogP contribution in [0.2, 0.25) is 0 Å². The van der Waals surface area contributed by atoms with Crippen molar-refractivity contribution in [3.63, 3.8) is 0 Å². The molecule has 1 aromatic heterocycles. The second-order valence-electron chi connectivity index (χ2n) is 5.45. The van der Waals surface area contributed by atoms with Gasteiger partial charge in [-0.3, -0.25) is 9.58 Å². The molecular formula is C14H26N4. The van der Waals surface area contributed by atoms with Crippen molar-refractivity contribution < 1.29 is 0 Å². The highest BCUT2D eigenvalue weighted by molar-refractivity contribution is 5.08. The standard InChI is InChI=1S/C14H26N4/c1-12-10-14(17(2)16-12)11-18(9-8-15)13-6-4-3-5-7-13/h10,13H,3-9,11,15H2,1-2H3. The molecule has 18 heavy (non-hydrogen) atoms. The summed E-state index contributed by atoms with van der Waals surface area (Å²) < 4.78 is 2.00. The first-order valence-electron chi connectivity index (χ1n) is 7.14. The first-order valence-corrected chi connectivity index (χ1v) is 7.14. The Hall–Kier alpha value is -0.870. The Morgan fingerprint density at radius 1 is 1.39 bits per heavy atom. The second kappa shape index (κ2) is 6.34. The molecule has 4 heteroatoms. The molecule has 0 radical (unpaired) electrons. The lowest BCUT2D eigenvalue weighted by atomic mass is 9.94. The second-order valence-corrected chi connectivity index (χ2v) is 5.45. The lowest BCUT2D eigenvalue weighted by molar-refractivity contribution is 0.149. The first kappa shape index (κ1) is 13.6. The molecule has 0 amide bonds. The van der Waals surface area contributed by atoms with Crippen molar-refractivity contribution >= 4 is 0 Å². The summed E-state index contributed by atoms with van der Waals surface area (Å²) in [6.45, 7) is 4.78. The Morgan fingerprint density at radius 3 is 2.67 bits per heavy atom. The van der Waals surface area contributed by atoms with E-state index in [1.54, 1.807) is 0 Å². The van der Waals surface area contributed by atoms with Crippen molar-refractivity contribution in [2.75, 3.05) is 13.1 Å². The summed E-state index contributed by atoms with van der Waals surface area (Å²) in [7, 11) is 2.03. The Morgan fingerprint density at radius 2 is 2.11 bits per heavy atom. The SMILES string of the molecule is Cc1cc(CN(CCN)C2CCCCC2)n(C)n1. The summed E-state index contributed by atoms with van der Waals surface area (Å²) in [4.78, 5) is 2.55. The van der Waals surface area contributed by atoms with Gasteiger partial charge in [-0.15, -0.1) is 0 Å². The third-order valence-electron chi connectivity index (χ3n) is 3.97. The molecule has 0 bridgehead atoms. The van der Waals surface area contributed by atoms with Crippen LogP contribution >= 0.6 is 0 Å². The van der Waals surface area contributed by atoms with Crippen molar-refractivity contribution in [1.82, 2.24) is 14.7 Å². The van der Waals surface area contributed by atoms with Crippen LogP contribution in [0, 0.1) is 6.92 Å². The Bertz CT molecular complexity index is 366. The van der Waals surface area contributed by atoms with Gasteiger partial charge in [-0.05, 0) is 25.8 Å². The van der Waals surface area contributed by atoms with Crippen LogP contribution < -0.4 is 5.73 Å².